The summed E-state index contributed by atoms with van der Waals surface area (Å²) in [5.74, 6) is 0. The number of pyridine rings is 1. The van der Waals surface area contributed by atoms with E-state index in [1.807, 2.05) is 18.2 Å². The van der Waals surface area contributed by atoms with Gasteiger partial charge in [-0.25, -0.2) is 8.42 Å². The summed E-state index contributed by atoms with van der Waals surface area (Å²) in [7, 11) is -3.62. The van der Waals surface area contributed by atoms with Gasteiger partial charge in [0.2, 0.25) is 0 Å². The third kappa shape index (κ3) is 4.10. The van der Waals surface area contributed by atoms with Crippen molar-refractivity contribution in [3.63, 3.8) is 0 Å². The van der Waals surface area contributed by atoms with Crippen molar-refractivity contribution in [3.8, 4) is 0 Å². The molecule has 0 radical (unpaired) electrons. The number of sulfonamides is 1. The zero-order valence-corrected chi connectivity index (χ0v) is 14.8. The lowest BCUT2D eigenvalue weighted by molar-refractivity contribution is 0.0924. The second kappa shape index (κ2) is 7.27. The Morgan fingerprint density at radius 2 is 2.22 bits per heavy atom. The van der Waals surface area contributed by atoms with E-state index < -0.39 is 10.0 Å². The van der Waals surface area contributed by atoms with Crippen molar-refractivity contribution in [3.05, 3.63) is 46.6 Å². The monoisotopic (exact) mass is 372 g/mol. The smallest absolute Gasteiger partial charge is 0.253 e. The molecule has 1 aliphatic rings. The van der Waals surface area contributed by atoms with E-state index in [2.05, 4.69) is 4.98 Å². The van der Waals surface area contributed by atoms with E-state index in [1.165, 1.54) is 4.31 Å². The van der Waals surface area contributed by atoms with Crippen LogP contribution in [0.2, 0.25) is 4.34 Å². The fourth-order valence-corrected chi connectivity index (χ4v) is 5.58. The van der Waals surface area contributed by atoms with E-state index in [4.69, 9.17) is 16.3 Å². The number of rotatable bonds is 6. The van der Waals surface area contributed by atoms with Crippen molar-refractivity contribution in [1.29, 1.82) is 0 Å². The van der Waals surface area contributed by atoms with Gasteiger partial charge in [-0.3, -0.25) is 4.98 Å². The van der Waals surface area contributed by atoms with E-state index in [-0.39, 0.29) is 16.9 Å². The van der Waals surface area contributed by atoms with Crippen molar-refractivity contribution in [1.82, 2.24) is 9.29 Å². The van der Waals surface area contributed by atoms with Gasteiger partial charge >= 0.3 is 0 Å². The topological polar surface area (TPSA) is 59.5 Å². The number of thiophene rings is 1. The highest BCUT2D eigenvalue weighted by atomic mass is 35.5. The molecule has 2 aromatic rings. The number of hydrogen-bond acceptors (Lipinski definition) is 5. The van der Waals surface area contributed by atoms with Crippen molar-refractivity contribution >= 4 is 33.0 Å². The van der Waals surface area contributed by atoms with Crippen LogP contribution in [-0.4, -0.2) is 37.0 Å². The molecule has 8 heteroatoms. The average molecular weight is 373 g/mol. The summed E-state index contributed by atoms with van der Waals surface area (Å²) in [5, 5.41) is 0. The average Bonchev–Trinajstić information content (AvgIpc) is 3.19. The zero-order valence-electron chi connectivity index (χ0n) is 12.4. The molecular weight excluding hydrogens is 356 g/mol. The molecule has 3 heterocycles. The Morgan fingerprint density at radius 3 is 2.83 bits per heavy atom. The van der Waals surface area contributed by atoms with Gasteiger partial charge in [-0.15, -0.1) is 11.3 Å². The summed E-state index contributed by atoms with van der Waals surface area (Å²) in [6, 6.07) is 8.62. The Bertz CT molecular complexity index is 743. The predicted octanol–water partition coefficient (Wildman–Crippen LogP) is 3.17. The number of halogens is 1. The first kappa shape index (κ1) is 16.9. The highest BCUT2D eigenvalue weighted by molar-refractivity contribution is 7.91. The molecule has 23 heavy (non-hydrogen) atoms. The molecule has 0 bridgehead atoms. The molecule has 3 rings (SSSR count). The van der Waals surface area contributed by atoms with Crippen LogP contribution < -0.4 is 0 Å². The number of hydrogen-bond donors (Lipinski definition) is 0. The zero-order chi connectivity index (χ0) is 16.3. The number of aromatic nitrogens is 1. The van der Waals surface area contributed by atoms with Crippen molar-refractivity contribution in [2.24, 2.45) is 0 Å². The minimum Gasteiger partial charge on any atom is -0.377 e. The van der Waals surface area contributed by atoms with E-state index in [0.29, 0.717) is 23.2 Å². The minimum absolute atomic E-state index is 0.0658. The molecule has 0 spiro atoms. The number of nitrogens with zero attached hydrogens (tertiary/aromatic N) is 2. The van der Waals surface area contributed by atoms with E-state index in [1.54, 1.807) is 18.3 Å². The predicted molar refractivity (Wildman–Crippen MR) is 90.1 cm³/mol. The quantitative estimate of drug-likeness (QED) is 0.781. The van der Waals surface area contributed by atoms with E-state index >= 15 is 0 Å². The third-order valence-corrected chi connectivity index (χ3v) is 7.15. The van der Waals surface area contributed by atoms with Gasteiger partial charge in [0.25, 0.3) is 10.0 Å². The highest BCUT2D eigenvalue weighted by Crippen LogP contribution is 2.29. The van der Waals surface area contributed by atoms with Gasteiger partial charge in [-0.05, 0) is 37.1 Å². The third-order valence-electron chi connectivity index (χ3n) is 3.64. The van der Waals surface area contributed by atoms with E-state index in [9.17, 15) is 8.42 Å². The summed E-state index contributed by atoms with van der Waals surface area (Å²) in [6.07, 6.45) is 3.43. The van der Waals surface area contributed by atoms with Crippen LogP contribution in [0.1, 0.15) is 18.5 Å². The summed E-state index contributed by atoms with van der Waals surface area (Å²) < 4.78 is 33.6. The van der Waals surface area contributed by atoms with Crippen LogP contribution in [0.25, 0.3) is 0 Å². The standard InChI is InChI=1S/C15H17ClN2O3S2/c16-14-6-7-15(22-14)23(19,20)18(11-13-5-3-9-21-13)10-12-4-1-2-8-17-12/h1-2,4,6-8,13H,3,5,9-11H2. The summed E-state index contributed by atoms with van der Waals surface area (Å²) in [4.78, 5) is 4.24. The lowest BCUT2D eigenvalue weighted by Gasteiger charge is -2.23. The maximum absolute atomic E-state index is 12.9. The molecule has 1 saturated heterocycles. The molecule has 0 aromatic carbocycles. The Morgan fingerprint density at radius 1 is 1.35 bits per heavy atom. The Balaban J connectivity index is 1.87. The summed E-state index contributed by atoms with van der Waals surface area (Å²) >= 11 is 6.97. The highest BCUT2D eigenvalue weighted by Gasteiger charge is 2.30. The molecule has 1 aliphatic heterocycles. The van der Waals surface area contributed by atoms with Gasteiger partial charge < -0.3 is 4.74 Å². The van der Waals surface area contributed by atoms with Crippen LogP contribution in [0.3, 0.4) is 0 Å². The minimum atomic E-state index is -3.62. The van der Waals surface area contributed by atoms with Crippen LogP contribution in [0.4, 0.5) is 0 Å². The molecule has 124 valence electrons. The first-order valence-corrected chi connectivity index (χ1v) is 9.96. The van der Waals surface area contributed by atoms with Gasteiger partial charge in [0, 0.05) is 19.3 Å². The fraction of sp³-hybridized carbons (Fsp3) is 0.400. The largest absolute Gasteiger partial charge is 0.377 e. The van der Waals surface area contributed by atoms with Crippen molar-refractivity contribution in [2.45, 2.75) is 29.7 Å². The molecular formula is C15H17ClN2O3S2. The molecule has 0 aliphatic carbocycles. The van der Waals surface area contributed by atoms with E-state index in [0.717, 1.165) is 24.2 Å². The summed E-state index contributed by atoms with van der Waals surface area (Å²) in [5.41, 5.74) is 0.705. The molecule has 1 fully saturated rings. The fourth-order valence-electron chi connectivity index (χ4n) is 2.50. The van der Waals surface area contributed by atoms with Crippen LogP contribution in [0.15, 0.2) is 40.7 Å². The van der Waals surface area contributed by atoms with Gasteiger partial charge in [-0.2, -0.15) is 4.31 Å². The van der Waals surface area contributed by atoms with Crippen LogP contribution in [0.5, 0.6) is 0 Å². The Kier molecular flexibility index (Phi) is 5.33. The summed E-state index contributed by atoms with van der Waals surface area (Å²) in [6.45, 7) is 1.24. The molecule has 5 nitrogen and oxygen atoms in total. The SMILES string of the molecule is O=S(=O)(c1ccc(Cl)s1)N(Cc1ccccn1)CC1CCCO1. The molecule has 0 amide bonds. The molecule has 1 atom stereocenters. The van der Waals surface area contributed by atoms with Crippen LogP contribution in [-0.2, 0) is 21.3 Å². The molecule has 0 saturated carbocycles. The second-order valence-corrected chi connectivity index (χ2v) is 9.19. The maximum atomic E-state index is 12.9. The van der Waals surface area contributed by atoms with Crippen LogP contribution in [0, 0.1) is 0 Å². The second-order valence-electron chi connectivity index (χ2n) is 5.31. The van der Waals surface area contributed by atoms with Crippen molar-refractivity contribution < 1.29 is 13.2 Å². The van der Waals surface area contributed by atoms with Crippen molar-refractivity contribution in [2.75, 3.05) is 13.2 Å². The lowest BCUT2D eigenvalue weighted by atomic mass is 10.2. The maximum Gasteiger partial charge on any atom is 0.253 e. The molecule has 1 unspecified atom stereocenters. The van der Waals surface area contributed by atoms with Crippen LogP contribution >= 0.6 is 22.9 Å². The Hall–Kier alpha value is -0.990. The molecule has 0 N–H and O–H groups in total. The first-order valence-electron chi connectivity index (χ1n) is 7.33. The lowest BCUT2D eigenvalue weighted by Crippen LogP contribution is -2.36. The van der Waals surface area contributed by atoms with Gasteiger partial charge in [0.15, 0.2) is 0 Å². The van der Waals surface area contributed by atoms with Gasteiger partial charge in [0.05, 0.1) is 22.7 Å². The Labute approximate surface area is 144 Å². The van der Waals surface area contributed by atoms with Gasteiger partial charge in [-0.1, -0.05) is 17.7 Å². The van der Waals surface area contributed by atoms with Gasteiger partial charge in [0.1, 0.15) is 4.21 Å². The number of ether oxygens (including phenoxy) is 1. The normalized spacial score (nSPS) is 18.6. The first-order chi connectivity index (χ1) is 11.1. The molecule has 2 aromatic heterocycles.